The van der Waals surface area contributed by atoms with E-state index in [0.29, 0.717) is 25.0 Å². The molecular weight excluding hydrogens is 541 g/mol. The van der Waals surface area contributed by atoms with Gasteiger partial charge in [0.2, 0.25) is 0 Å². The number of ether oxygens (including phenoxy) is 2. The van der Waals surface area contributed by atoms with Crippen LogP contribution in [0.3, 0.4) is 0 Å². The molecule has 0 aromatic rings. The molecule has 0 amide bonds. The van der Waals surface area contributed by atoms with Crippen LogP contribution in [-0.2, 0) is 9.47 Å². The third kappa shape index (κ3) is 21.2. The van der Waals surface area contributed by atoms with Gasteiger partial charge in [-0.25, -0.2) is 0 Å². The Morgan fingerprint density at radius 2 is 0.775 bits per heavy atom. The Bertz CT molecular complexity index is 750. The Morgan fingerprint density at radius 3 is 1.02 bits per heavy atom. The van der Waals surface area contributed by atoms with Gasteiger partial charge >= 0.3 is 0 Å². The molecule has 0 heterocycles. The van der Waals surface area contributed by atoms with Crippen molar-refractivity contribution >= 4 is 23.5 Å². The Kier molecular flexibility index (Phi) is 16.1. The highest BCUT2D eigenvalue weighted by Crippen LogP contribution is 2.33. The monoisotopic (exact) mass is 602 g/mol. The first-order chi connectivity index (χ1) is 17.9. The standard InChI is InChI=1S/C30H62N6O2S2/c1-23(2)21-29(15,35-31-25(5,6)7)37-17-19-39-27(11,12)33-34-28(13,14)40-20-18-38-30(16,22-24(3)4)36-32-26(8,9)10/h23-24H,17-22H2,1-16H3/b34-33+,35-31+,36-32+. The molecule has 2 atom stereocenters. The predicted octanol–water partition coefficient (Wildman–Crippen LogP) is 10.4. The van der Waals surface area contributed by atoms with Crippen LogP contribution < -0.4 is 0 Å². The molecule has 8 nitrogen and oxygen atoms in total. The van der Waals surface area contributed by atoms with E-state index in [1.165, 1.54) is 0 Å². The van der Waals surface area contributed by atoms with Gasteiger partial charge < -0.3 is 9.47 Å². The summed E-state index contributed by atoms with van der Waals surface area (Å²) in [7, 11) is 0. The van der Waals surface area contributed by atoms with Gasteiger partial charge in [0.1, 0.15) is 9.74 Å². The quantitative estimate of drug-likeness (QED) is 0.115. The van der Waals surface area contributed by atoms with Crippen molar-refractivity contribution < 1.29 is 9.47 Å². The van der Waals surface area contributed by atoms with E-state index in [-0.39, 0.29) is 20.8 Å². The molecule has 0 rings (SSSR count). The first-order valence-corrected chi connectivity index (χ1v) is 16.7. The first-order valence-electron chi connectivity index (χ1n) is 14.7. The fraction of sp³-hybridized carbons (Fsp3) is 1.00. The lowest BCUT2D eigenvalue weighted by Crippen LogP contribution is -2.30. The summed E-state index contributed by atoms with van der Waals surface area (Å²) in [5, 5.41) is 27.5. The largest absolute Gasteiger partial charge is 0.351 e. The maximum atomic E-state index is 6.24. The lowest BCUT2D eigenvalue weighted by molar-refractivity contribution is -0.0383. The van der Waals surface area contributed by atoms with Crippen LogP contribution >= 0.6 is 23.5 Å². The van der Waals surface area contributed by atoms with Crippen molar-refractivity contribution in [2.45, 2.75) is 156 Å². The molecule has 0 saturated carbocycles. The molecule has 0 spiro atoms. The number of hydrogen-bond donors (Lipinski definition) is 0. The highest BCUT2D eigenvalue weighted by Gasteiger charge is 2.29. The van der Waals surface area contributed by atoms with Crippen molar-refractivity contribution in [2.75, 3.05) is 24.7 Å². The van der Waals surface area contributed by atoms with Crippen LogP contribution in [0.5, 0.6) is 0 Å². The zero-order valence-electron chi connectivity index (χ0n) is 28.7. The van der Waals surface area contributed by atoms with E-state index >= 15 is 0 Å². The van der Waals surface area contributed by atoms with Gasteiger partial charge in [0.25, 0.3) is 0 Å². The van der Waals surface area contributed by atoms with Crippen LogP contribution in [0.1, 0.15) is 124 Å². The smallest absolute Gasteiger partial charge is 0.176 e. The van der Waals surface area contributed by atoms with E-state index < -0.39 is 11.4 Å². The summed E-state index contributed by atoms with van der Waals surface area (Å²) < 4.78 is 12.5. The van der Waals surface area contributed by atoms with E-state index in [1.807, 2.05) is 55.4 Å². The average molecular weight is 603 g/mol. The second-order valence-corrected chi connectivity index (χ2v) is 18.2. The van der Waals surface area contributed by atoms with Gasteiger partial charge in [0.05, 0.1) is 24.3 Å². The highest BCUT2D eigenvalue weighted by molar-refractivity contribution is 8.00. The normalized spacial score (nSPS) is 17.6. The first kappa shape index (κ1) is 39.4. The Balaban J connectivity index is 4.90. The van der Waals surface area contributed by atoms with Crippen LogP contribution in [0.25, 0.3) is 0 Å². The maximum absolute atomic E-state index is 6.24. The summed E-state index contributed by atoms with van der Waals surface area (Å²) in [5.41, 5.74) is -1.68. The molecule has 40 heavy (non-hydrogen) atoms. The summed E-state index contributed by atoms with van der Waals surface area (Å²) in [6.07, 6.45) is 1.65. The Labute approximate surface area is 255 Å². The van der Waals surface area contributed by atoms with E-state index in [4.69, 9.17) is 19.7 Å². The Morgan fingerprint density at radius 1 is 0.475 bits per heavy atom. The van der Waals surface area contributed by atoms with Crippen molar-refractivity contribution in [1.82, 2.24) is 0 Å². The van der Waals surface area contributed by atoms with Crippen LogP contribution in [0, 0.1) is 11.8 Å². The number of nitrogens with zero attached hydrogens (tertiary/aromatic N) is 6. The molecule has 0 fully saturated rings. The zero-order chi connectivity index (χ0) is 31.5. The molecule has 10 heteroatoms. The van der Waals surface area contributed by atoms with E-state index in [0.717, 1.165) is 24.3 Å². The van der Waals surface area contributed by atoms with Crippen molar-refractivity contribution in [3.8, 4) is 0 Å². The van der Waals surface area contributed by atoms with Crippen molar-refractivity contribution in [3.05, 3.63) is 0 Å². The lowest BCUT2D eigenvalue weighted by atomic mass is 10.0. The molecule has 0 aliphatic rings. The number of thioether (sulfide) groups is 2. The summed E-state index contributed by atoms with van der Waals surface area (Å²) in [5.74, 6) is 2.51. The third-order valence-corrected chi connectivity index (χ3v) is 7.45. The number of hydrogen-bond acceptors (Lipinski definition) is 10. The second-order valence-electron chi connectivity index (χ2n) is 14.8. The zero-order valence-corrected chi connectivity index (χ0v) is 30.3. The summed E-state index contributed by atoms with van der Waals surface area (Å²) in [6.45, 7) is 34.6. The fourth-order valence-electron chi connectivity index (χ4n) is 3.69. The molecular formula is C30H62N6O2S2. The van der Waals surface area contributed by atoms with Gasteiger partial charge in [0, 0.05) is 24.3 Å². The molecule has 0 radical (unpaired) electrons. The lowest BCUT2D eigenvalue weighted by Gasteiger charge is -2.29. The summed E-state index contributed by atoms with van der Waals surface area (Å²) >= 11 is 3.47. The molecule has 236 valence electrons. The molecule has 2 unspecified atom stereocenters. The SMILES string of the molecule is CC(C)CC(C)(/N=N/C(C)(C)C)OCCSC(C)(C)/N=N/C(C)(C)SCCOC(C)(CC(C)C)/N=N/C(C)(C)C. The van der Waals surface area contributed by atoms with E-state index in [1.54, 1.807) is 23.5 Å². The van der Waals surface area contributed by atoms with E-state index in [2.05, 4.69) is 75.8 Å². The van der Waals surface area contributed by atoms with E-state index in [9.17, 15) is 0 Å². The van der Waals surface area contributed by atoms with Crippen LogP contribution in [0.2, 0.25) is 0 Å². The van der Waals surface area contributed by atoms with Crippen LogP contribution in [0.15, 0.2) is 30.7 Å². The topological polar surface area (TPSA) is 92.6 Å². The molecule has 0 aromatic carbocycles. The average Bonchev–Trinajstić information content (AvgIpc) is 2.74. The Hall–Kier alpha value is -0.580. The summed E-state index contributed by atoms with van der Waals surface area (Å²) in [6, 6.07) is 0. The predicted molar refractivity (Wildman–Crippen MR) is 175 cm³/mol. The van der Waals surface area contributed by atoms with Crippen LogP contribution in [0.4, 0.5) is 0 Å². The van der Waals surface area contributed by atoms with Crippen molar-refractivity contribution in [3.63, 3.8) is 0 Å². The molecule has 0 aliphatic heterocycles. The van der Waals surface area contributed by atoms with Gasteiger partial charge in [-0.3, -0.25) is 0 Å². The van der Waals surface area contributed by atoms with Gasteiger partial charge in [-0.15, -0.1) is 23.5 Å². The van der Waals surface area contributed by atoms with Crippen LogP contribution in [-0.4, -0.2) is 57.0 Å². The summed E-state index contributed by atoms with van der Waals surface area (Å²) in [4.78, 5) is -0.718. The van der Waals surface area contributed by atoms with Gasteiger partial charge in [-0.1, -0.05) is 27.7 Å². The van der Waals surface area contributed by atoms with Gasteiger partial charge in [0.15, 0.2) is 11.4 Å². The van der Waals surface area contributed by atoms with Crippen molar-refractivity contribution in [1.29, 1.82) is 0 Å². The molecule has 0 N–H and O–H groups in total. The third-order valence-electron chi connectivity index (χ3n) is 5.13. The maximum Gasteiger partial charge on any atom is 0.176 e. The highest BCUT2D eigenvalue weighted by atomic mass is 32.2. The minimum atomic E-state index is -0.617. The number of azo groups is 3. The van der Waals surface area contributed by atoms with Gasteiger partial charge in [-0.05, 0) is 94.9 Å². The fourth-order valence-corrected chi connectivity index (χ4v) is 5.22. The molecule has 0 aliphatic carbocycles. The molecule has 0 bridgehead atoms. The second kappa shape index (κ2) is 16.3. The minimum Gasteiger partial charge on any atom is -0.351 e. The molecule has 0 aromatic heterocycles. The van der Waals surface area contributed by atoms with Gasteiger partial charge in [-0.2, -0.15) is 30.7 Å². The molecule has 0 saturated heterocycles. The minimum absolute atomic E-state index is 0.221. The van der Waals surface area contributed by atoms with Crippen molar-refractivity contribution in [2.24, 2.45) is 42.5 Å². The number of rotatable bonds is 18.